The average Bonchev–Trinajstić information content (AvgIpc) is 2.79. The number of rotatable bonds is 1. The van der Waals surface area contributed by atoms with Crippen molar-refractivity contribution in [1.82, 2.24) is 20.1 Å². The minimum atomic E-state index is 0.600. The highest BCUT2D eigenvalue weighted by Crippen LogP contribution is 2.25. The molecule has 1 aromatic rings. The molecule has 1 saturated heterocycles. The number of aryl methyl sites for hydroxylation is 1. The molecule has 2 aliphatic heterocycles. The number of aromatic nitrogens is 3. The Hall–Kier alpha value is -0.900. The van der Waals surface area contributed by atoms with E-state index >= 15 is 0 Å². The lowest BCUT2D eigenvalue weighted by atomic mass is 9.99. The number of hydrogen-bond acceptors (Lipinski definition) is 3. The molecule has 0 amide bonds. The van der Waals surface area contributed by atoms with Gasteiger partial charge in [0.15, 0.2) is 0 Å². The summed E-state index contributed by atoms with van der Waals surface area (Å²) in [5.74, 6) is 3.03. The summed E-state index contributed by atoms with van der Waals surface area (Å²) in [4.78, 5) is 0. The van der Waals surface area contributed by atoms with Gasteiger partial charge in [0.2, 0.25) is 0 Å². The van der Waals surface area contributed by atoms with Crippen molar-refractivity contribution in [2.75, 3.05) is 13.1 Å². The molecule has 0 saturated carbocycles. The first-order valence-electron chi connectivity index (χ1n) is 5.58. The molecule has 3 heterocycles. The van der Waals surface area contributed by atoms with E-state index in [-0.39, 0.29) is 0 Å². The second-order valence-electron chi connectivity index (χ2n) is 4.27. The molecule has 76 valence electrons. The first kappa shape index (κ1) is 8.41. The largest absolute Gasteiger partial charge is 0.316 e. The highest BCUT2D eigenvalue weighted by Gasteiger charge is 2.24. The zero-order chi connectivity index (χ0) is 9.38. The molecule has 0 unspecified atom stereocenters. The van der Waals surface area contributed by atoms with Gasteiger partial charge in [0.1, 0.15) is 11.6 Å². The first-order valence-corrected chi connectivity index (χ1v) is 5.58. The molecule has 0 spiro atoms. The third kappa shape index (κ3) is 1.25. The molecule has 4 nitrogen and oxygen atoms in total. The molecule has 4 heteroatoms. The quantitative estimate of drug-likeness (QED) is 0.712. The Morgan fingerprint density at radius 3 is 3.14 bits per heavy atom. The molecule has 0 bridgehead atoms. The maximum atomic E-state index is 4.33. The zero-order valence-electron chi connectivity index (χ0n) is 8.37. The highest BCUT2D eigenvalue weighted by atomic mass is 15.3. The van der Waals surface area contributed by atoms with Gasteiger partial charge in [0.05, 0.1) is 0 Å². The van der Waals surface area contributed by atoms with Crippen LogP contribution in [0.25, 0.3) is 0 Å². The van der Waals surface area contributed by atoms with Gasteiger partial charge in [-0.25, -0.2) is 0 Å². The lowest BCUT2D eigenvalue weighted by Crippen LogP contribution is -2.30. The Morgan fingerprint density at radius 1 is 1.29 bits per heavy atom. The summed E-state index contributed by atoms with van der Waals surface area (Å²) in [6.07, 6.45) is 4.91. The fourth-order valence-electron chi connectivity index (χ4n) is 2.55. The predicted molar refractivity (Wildman–Crippen MR) is 53.2 cm³/mol. The number of fused-ring (bicyclic) bond motifs is 1. The van der Waals surface area contributed by atoms with Crippen LogP contribution < -0.4 is 5.32 Å². The van der Waals surface area contributed by atoms with E-state index in [1.807, 2.05) is 0 Å². The smallest absolute Gasteiger partial charge is 0.137 e. The van der Waals surface area contributed by atoms with Gasteiger partial charge in [0, 0.05) is 25.4 Å². The van der Waals surface area contributed by atoms with Crippen molar-refractivity contribution in [3.63, 3.8) is 0 Å². The average molecular weight is 192 g/mol. The van der Waals surface area contributed by atoms with Crippen LogP contribution in [0, 0.1) is 0 Å². The summed E-state index contributed by atoms with van der Waals surface area (Å²) < 4.78 is 2.33. The molecule has 0 radical (unpaired) electrons. The van der Waals surface area contributed by atoms with Crippen LogP contribution in [0.4, 0.5) is 0 Å². The summed E-state index contributed by atoms with van der Waals surface area (Å²) >= 11 is 0. The predicted octanol–water partition coefficient (Wildman–Crippen LogP) is 0.691. The Bertz CT molecular complexity index is 325. The molecule has 2 aliphatic rings. The van der Waals surface area contributed by atoms with Crippen LogP contribution in [0.5, 0.6) is 0 Å². The van der Waals surface area contributed by atoms with Gasteiger partial charge in [-0.05, 0) is 25.8 Å². The summed E-state index contributed by atoms with van der Waals surface area (Å²) in [6.45, 7) is 3.38. The number of hydrogen-bond donors (Lipinski definition) is 1. The molecule has 0 aliphatic carbocycles. The zero-order valence-corrected chi connectivity index (χ0v) is 8.37. The van der Waals surface area contributed by atoms with Gasteiger partial charge in [-0.2, -0.15) is 0 Å². The summed E-state index contributed by atoms with van der Waals surface area (Å²) in [6, 6.07) is 0. The second-order valence-corrected chi connectivity index (χ2v) is 4.27. The van der Waals surface area contributed by atoms with Crippen molar-refractivity contribution < 1.29 is 0 Å². The molecular weight excluding hydrogens is 176 g/mol. The van der Waals surface area contributed by atoms with E-state index in [2.05, 4.69) is 20.1 Å². The van der Waals surface area contributed by atoms with Crippen LogP contribution >= 0.6 is 0 Å². The van der Waals surface area contributed by atoms with Crippen LogP contribution in [0.1, 0.15) is 36.8 Å². The van der Waals surface area contributed by atoms with Crippen molar-refractivity contribution >= 4 is 0 Å². The Balaban J connectivity index is 1.88. The van der Waals surface area contributed by atoms with E-state index in [0.717, 1.165) is 26.1 Å². The van der Waals surface area contributed by atoms with Gasteiger partial charge in [-0.3, -0.25) is 0 Å². The molecule has 1 N–H and O–H groups in total. The van der Waals surface area contributed by atoms with Crippen molar-refractivity contribution in [3.8, 4) is 0 Å². The first-order chi connectivity index (χ1) is 6.95. The van der Waals surface area contributed by atoms with Crippen molar-refractivity contribution in [2.24, 2.45) is 0 Å². The maximum absolute atomic E-state index is 4.33. The summed E-state index contributed by atoms with van der Waals surface area (Å²) in [7, 11) is 0. The van der Waals surface area contributed by atoms with E-state index in [4.69, 9.17) is 0 Å². The van der Waals surface area contributed by atoms with Gasteiger partial charge in [-0.1, -0.05) is 0 Å². The lowest BCUT2D eigenvalue weighted by molar-refractivity contribution is 0.433. The summed E-state index contributed by atoms with van der Waals surface area (Å²) in [5.41, 5.74) is 0. The molecule has 1 atom stereocenters. The van der Waals surface area contributed by atoms with Crippen molar-refractivity contribution in [2.45, 2.75) is 38.1 Å². The Labute approximate surface area is 83.7 Å². The van der Waals surface area contributed by atoms with Gasteiger partial charge < -0.3 is 9.88 Å². The second kappa shape index (κ2) is 3.35. The standard InChI is InChI=1S/C10H16N4/c1-3-8(7-11-5-1)10-13-12-9-4-2-6-14(9)10/h8,11H,1-7H2/t8-/m0/s1. The molecule has 3 rings (SSSR count). The minimum Gasteiger partial charge on any atom is -0.316 e. The highest BCUT2D eigenvalue weighted by molar-refractivity contribution is 5.06. The third-order valence-corrected chi connectivity index (χ3v) is 3.30. The summed E-state index contributed by atoms with van der Waals surface area (Å²) in [5, 5.41) is 12.0. The van der Waals surface area contributed by atoms with Crippen LogP contribution in [-0.4, -0.2) is 27.9 Å². The SMILES string of the molecule is C1CNC[C@@H](c2nnc3n2CCC3)C1. The monoisotopic (exact) mass is 192 g/mol. The molecule has 14 heavy (non-hydrogen) atoms. The van der Waals surface area contributed by atoms with E-state index in [9.17, 15) is 0 Å². The Kier molecular flexibility index (Phi) is 2.01. The van der Waals surface area contributed by atoms with Crippen LogP contribution in [0.3, 0.4) is 0 Å². The molecule has 0 aromatic carbocycles. The van der Waals surface area contributed by atoms with Gasteiger partial charge in [-0.15, -0.1) is 10.2 Å². The van der Waals surface area contributed by atoms with E-state index in [1.165, 1.54) is 30.9 Å². The normalized spacial score (nSPS) is 26.4. The topological polar surface area (TPSA) is 42.7 Å². The number of nitrogens with one attached hydrogen (secondary N) is 1. The fraction of sp³-hybridized carbons (Fsp3) is 0.800. The maximum Gasteiger partial charge on any atom is 0.137 e. The minimum absolute atomic E-state index is 0.600. The fourth-order valence-corrected chi connectivity index (χ4v) is 2.55. The van der Waals surface area contributed by atoms with Crippen LogP contribution in [-0.2, 0) is 13.0 Å². The molecule has 1 fully saturated rings. The van der Waals surface area contributed by atoms with E-state index < -0.39 is 0 Å². The Morgan fingerprint density at radius 2 is 2.29 bits per heavy atom. The number of piperidine rings is 1. The third-order valence-electron chi connectivity index (χ3n) is 3.30. The van der Waals surface area contributed by atoms with E-state index in [0.29, 0.717) is 5.92 Å². The van der Waals surface area contributed by atoms with Gasteiger partial charge >= 0.3 is 0 Å². The number of nitrogens with zero attached hydrogens (tertiary/aromatic N) is 3. The van der Waals surface area contributed by atoms with Crippen molar-refractivity contribution in [3.05, 3.63) is 11.6 Å². The van der Waals surface area contributed by atoms with Crippen molar-refractivity contribution in [1.29, 1.82) is 0 Å². The van der Waals surface area contributed by atoms with E-state index in [1.54, 1.807) is 0 Å². The lowest BCUT2D eigenvalue weighted by Gasteiger charge is -2.21. The van der Waals surface area contributed by atoms with Gasteiger partial charge in [0.25, 0.3) is 0 Å². The van der Waals surface area contributed by atoms with Crippen LogP contribution in [0.2, 0.25) is 0 Å². The molecule has 1 aromatic heterocycles. The molecular formula is C10H16N4. The van der Waals surface area contributed by atoms with Crippen LogP contribution in [0.15, 0.2) is 0 Å².